The highest BCUT2D eigenvalue weighted by molar-refractivity contribution is 5.30. The lowest BCUT2D eigenvalue weighted by molar-refractivity contribution is -0.176. The summed E-state index contributed by atoms with van der Waals surface area (Å²) in [4.78, 5) is 7.75. The van der Waals surface area contributed by atoms with E-state index in [2.05, 4.69) is 9.97 Å². The molecule has 0 saturated carbocycles. The van der Waals surface area contributed by atoms with Gasteiger partial charge in [0.25, 0.3) is 0 Å². The zero-order chi connectivity index (χ0) is 12.0. The van der Waals surface area contributed by atoms with Gasteiger partial charge in [0.15, 0.2) is 5.79 Å². The molecule has 6 nitrogen and oxygen atoms in total. The average Bonchev–Trinajstić information content (AvgIpc) is 2.19. The Balaban J connectivity index is 2.14. The largest absolute Gasteiger partial charge is 0.463 e. The predicted molar refractivity (Wildman–Crippen MR) is 58.8 cm³/mol. The van der Waals surface area contributed by atoms with Gasteiger partial charge in [0, 0.05) is 6.42 Å². The molecule has 1 rings (SSSR count). The summed E-state index contributed by atoms with van der Waals surface area (Å²) in [5.74, 6) is -1.10. The Morgan fingerprint density at radius 3 is 2.50 bits per heavy atom. The van der Waals surface area contributed by atoms with Crippen LogP contribution in [0.1, 0.15) is 20.3 Å². The van der Waals surface area contributed by atoms with Crippen molar-refractivity contribution in [3.8, 4) is 6.01 Å². The molecule has 0 amide bonds. The molecule has 3 N–H and O–H groups in total. The van der Waals surface area contributed by atoms with Gasteiger partial charge in [-0.05, 0) is 13.8 Å². The second-order valence-electron chi connectivity index (χ2n) is 3.80. The SMILES string of the molecule is CC(C)(O)OCCCOc1ncc(N)cn1. The summed E-state index contributed by atoms with van der Waals surface area (Å²) in [7, 11) is 0. The number of hydrogen-bond acceptors (Lipinski definition) is 6. The molecule has 1 heterocycles. The van der Waals surface area contributed by atoms with E-state index in [1.165, 1.54) is 12.4 Å². The molecule has 0 aliphatic heterocycles. The third kappa shape index (κ3) is 5.47. The molecule has 0 aliphatic rings. The first-order valence-corrected chi connectivity index (χ1v) is 5.04. The molecule has 0 aliphatic carbocycles. The van der Waals surface area contributed by atoms with E-state index in [0.717, 1.165) is 0 Å². The Labute approximate surface area is 94.4 Å². The number of hydrogen-bond donors (Lipinski definition) is 2. The van der Waals surface area contributed by atoms with Gasteiger partial charge in [-0.3, -0.25) is 0 Å². The molecule has 90 valence electrons. The van der Waals surface area contributed by atoms with E-state index in [9.17, 15) is 5.11 Å². The molecular weight excluding hydrogens is 210 g/mol. The van der Waals surface area contributed by atoms with E-state index in [1.54, 1.807) is 13.8 Å². The first-order chi connectivity index (χ1) is 7.47. The summed E-state index contributed by atoms with van der Waals surface area (Å²) >= 11 is 0. The van der Waals surface area contributed by atoms with E-state index >= 15 is 0 Å². The van der Waals surface area contributed by atoms with Gasteiger partial charge < -0.3 is 20.3 Å². The third-order valence-electron chi connectivity index (χ3n) is 1.62. The van der Waals surface area contributed by atoms with Crippen molar-refractivity contribution in [2.45, 2.75) is 26.1 Å². The smallest absolute Gasteiger partial charge is 0.316 e. The van der Waals surface area contributed by atoms with Crippen LogP contribution in [0.15, 0.2) is 12.4 Å². The maximum absolute atomic E-state index is 9.26. The minimum absolute atomic E-state index is 0.289. The molecule has 16 heavy (non-hydrogen) atoms. The molecule has 1 aromatic heterocycles. The molecule has 1 aromatic rings. The van der Waals surface area contributed by atoms with Crippen LogP contribution in [0.3, 0.4) is 0 Å². The van der Waals surface area contributed by atoms with Crippen LogP contribution in [0.4, 0.5) is 5.69 Å². The normalized spacial score (nSPS) is 11.4. The van der Waals surface area contributed by atoms with Gasteiger partial charge in [-0.2, -0.15) is 0 Å². The summed E-state index contributed by atoms with van der Waals surface area (Å²) in [6.07, 6.45) is 3.61. The maximum Gasteiger partial charge on any atom is 0.316 e. The Hall–Kier alpha value is -1.40. The lowest BCUT2D eigenvalue weighted by atomic mass is 10.4. The van der Waals surface area contributed by atoms with Crippen molar-refractivity contribution in [2.75, 3.05) is 18.9 Å². The monoisotopic (exact) mass is 227 g/mol. The molecule has 0 spiro atoms. The first kappa shape index (κ1) is 12.7. The minimum atomic E-state index is -1.10. The molecule has 0 aromatic carbocycles. The van der Waals surface area contributed by atoms with Crippen LogP contribution < -0.4 is 10.5 Å². The van der Waals surface area contributed by atoms with Gasteiger partial charge in [-0.15, -0.1) is 0 Å². The van der Waals surface area contributed by atoms with Crippen LogP contribution in [0.25, 0.3) is 0 Å². The Morgan fingerprint density at radius 1 is 1.31 bits per heavy atom. The van der Waals surface area contributed by atoms with Crippen molar-refractivity contribution in [3.05, 3.63) is 12.4 Å². The van der Waals surface area contributed by atoms with Gasteiger partial charge in [0.1, 0.15) is 0 Å². The highest BCUT2D eigenvalue weighted by atomic mass is 16.6. The van der Waals surface area contributed by atoms with E-state index < -0.39 is 5.79 Å². The van der Waals surface area contributed by atoms with Crippen LogP contribution in [-0.4, -0.2) is 34.1 Å². The Kier molecular flexibility index (Phi) is 4.45. The number of nitrogens with two attached hydrogens (primary N) is 1. The molecule has 0 saturated heterocycles. The fourth-order valence-electron chi connectivity index (χ4n) is 0.945. The summed E-state index contributed by atoms with van der Waals surface area (Å²) in [6.45, 7) is 4.01. The molecule has 0 fully saturated rings. The predicted octanol–water partition coefficient (Wildman–Crippen LogP) is 0.573. The van der Waals surface area contributed by atoms with E-state index in [4.69, 9.17) is 15.2 Å². The lowest BCUT2D eigenvalue weighted by Crippen LogP contribution is -2.24. The fourth-order valence-corrected chi connectivity index (χ4v) is 0.945. The van der Waals surface area contributed by atoms with E-state index in [0.29, 0.717) is 25.3 Å². The van der Waals surface area contributed by atoms with Crippen LogP contribution in [0, 0.1) is 0 Å². The molecule has 6 heteroatoms. The van der Waals surface area contributed by atoms with Crippen molar-refractivity contribution in [1.82, 2.24) is 9.97 Å². The average molecular weight is 227 g/mol. The zero-order valence-electron chi connectivity index (χ0n) is 9.51. The number of rotatable bonds is 6. The summed E-state index contributed by atoms with van der Waals surface area (Å²) in [5, 5.41) is 9.26. The zero-order valence-corrected chi connectivity index (χ0v) is 9.51. The fraction of sp³-hybridized carbons (Fsp3) is 0.600. The van der Waals surface area contributed by atoms with Gasteiger partial charge in [0.05, 0.1) is 31.3 Å². The number of aromatic nitrogens is 2. The maximum atomic E-state index is 9.26. The number of nitrogen functional groups attached to an aromatic ring is 1. The van der Waals surface area contributed by atoms with E-state index in [-0.39, 0.29) is 6.01 Å². The van der Waals surface area contributed by atoms with Crippen LogP contribution in [0.5, 0.6) is 6.01 Å². The van der Waals surface area contributed by atoms with Crippen LogP contribution in [0.2, 0.25) is 0 Å². The summed E-state index contributed by atoms with van der Waals surface area (Å²) in [5.41, 5.74) is 5.92. The van der Waals surface area contributed by atoms with Crippen molar-refractivity contribution < 1.29 is 14.6 Å². The second-order valence-corrected chi connectivity index (χ2v) is 3.80. The topological polar surface area (TPSA) is 90.5 Å². The Bertz CT molecular complexity index is 308. The van der Waals surface area contributed by atoms with Crippen molar-refractivity contribution in [1.29, 1.82) is 0 Å². The second kappa shape index (κ2) is 5.62. The van der Waals surface area contributed by atoms with Gasteiger partial charge in [-0.25, -0.2) is 9.97 Å². The number of anilines is 1. The molecule has 0 unspecified atom stereocenters. The standard InChI is InChI=1S/C10H17N3O3/c1-10(2,14)16-5-3-4-15-9-12-6-8(11)7-13-9/h6-7,14H,3-5,11H2,1-2H3. The van der Waals surface area contributed by atoms with Crippen molar-refractivity contribution in [3.63, 3.8) is 0 Å². The summed E-state index contributed by atoms with van der Waals surface area (Å²) in [6, 6.07) is 0.289. The lowest BCUT2D eigenvalue weighted by Gasteiger charge is -2.17. The third-order valence-corrected chi connectivity index (χ3v) is 1.62. The van der Waals surface area contributed by atoms with Crippen molar-refractivity contribution >= 4 is 5.69 Å². The van der Waals surface area contributed by atoms with Gasteiger partial charge in [0.2, 0.25) is 0 Å². The molecule has 0 atom stereocenters. The summed E-state index contributed by atoms with van der Waals surface area (Å²) < 4.78 is 10.3. The van der Waals surface area contributed by atoms with Crippen molar-refractivity contribution in [2.24, 2.45) is 0 Å². The van der Waals surface area contributed by atoms with Gasteiger partial charge >= 0.3 is 6.01 Å². The minimum Gasteiger partial charge on any atom is -0.463 e. The number of aliphatic hydroxyl groups is 1. The quantitative estimate of drug-likeness (QED) is 0.545. The van der Waals surface area contributed by atoms with E-state index in [1.807, 2.05) is 0 Å². The molecule has 0 radical (unpaired) electrons. The van der Waals surface area contributed by atoms with Crippen LogP contribution in [-0.2, 0) is 4.74 Å². The molecule has 0 bridgehead atoms. The number of ether oxygens (including phenoxy) is 2. The first-order valence-electron chi connectivity index (χ1n) is 5.04. The Morgan fingerprint density at radius 2 is 1.94 bits per heavy atom. The highest BCUT2D eigenvalue weighted by Crippen LogP contribution is 2.05. The van der Waals surface area contributed by atoms with Crippen LogP contribution >= 0.6 is 0 Å². The number of nitrogens with zero attached hydrogens (tertiary/aromatic N) is 2. The molecular formula is C10H17N3O3. The van der Waals surface area contributed by atoms with Gasteiger partial charge in [-0.1, -0.05) is 0 Å². The highest BCUT2D eigenvalue weighted by Gasteiger charge is 2.11.